The molecule has 0 aliphatic heterocycles. The molecule has 0 N–H and O–H groups in total. The van der Waals surface area contributed by atoms with Crippen molar-refractivity contribution in [1.29, 1.82) is 0 Å². The zero-order valence-electron chi connectivity index (χ0n) is 19.8. The largest absolute Gasteiger partial charge is 0.429 e. The summed E-state index contributed by atoms with van der Waals surface area (Å²) in [5.41, 5.74) is 3.49. The maximum Gasteiger partial charge on any atom is 0.387 e. The minimum absolute atomic E-state index is 0.123. The number of rotatable bonds is 10. The van der Waals surface area contributed by atoms with Crippen LogP contribution in [0.25, 0.3) is 22.0 Å². The van der Waals surface area contributed by atoms with E-state index in [-0.39, 0.29) is 18.4 Å². The van der Waals surface area contributed by atoms with E-state index < -0.39 is 29.8 Å². The third kappa shape index (κ3) is 6.01. The fourth-order valence-electron chi connectivity index (χ4n) is 4.25. The predicted octanol–water partition coefficient (Wildman–Crippen LogP) is 8.44. The van der Waals surface area contributed by atoms with Gasteiger partial charge >= 0.3 is 6.61 Å². The lowest BCUT2D eigenvalue weighted by molar-refractivity contribution is -0.0546. The van der Waals surface area contributed by atoms with Crippen LogP contribution in [0.4, 0.5) is 22.0 Å². The maximum atomic E-state index is 15.2. The number of benzene rings is 3. The van der Waals surface area contributed by atoms with Gasteiger partial charge in [-0.15, -0.1) is 0 Å². The highest BCUT2D eigenvalue weighted by atomic mass is 19.3. The van der Waals surface area contributed by atoms with Crippen molar-refractivity contribution in [2.75, 3.05) is 0 Å². The molecule has 0 saturated heterocycles. The number of halogens is 5. The topological polar surface area (TPSA) is 22.1 Å². The lowest BCUT2D eigenvalue weighted by Crippen LogP contribution is -2.06. The second-order valence-electron chi connectivity index (χ2n) is 8.75. The van der Waals surface area contributed by atoms with Crippen molar-refractivity contribution >= 4 is 10.8 Å². The molecule has 3 aromatic carbocycles. The molecule has 2 nitrogen and oxygen atoms in total. The lowest BCUT2D eigenvalue weighted by Gasteiger charge is -2.11. The first-order valence-corrected chi connectivity index (χ1v) is 11.9. The van der Waals surface area contributed by atoms with Crippen LogP contribution in [0.5, 0.6) is 5.75 Å². The van der Waals surface area contributed by atoms with E-state index in [0.29, 0.717) is 16.3 Å². The summed E-state index contributed by atoms with van der Waals surface area (Å²) in [5.74, 6) is -3.97. The molecular formula is C29H26F5NO. The minimum atomic E-state index is -3.34. The average molecular weight is 500 g/mol. The molecule has 0 bridgehead atoms. The highest BCUT2D eigenvalue weighted by Gasteiger charge is 2.17. The van der Waals surface area contributed by atoms with Crippen LogP contribution in [0.3, 0.4) is 0 Å². The highest BCUT2D eigenvalue weighted by molar-refractivity contribution is 5.88. The van der Waals surface area contributed by atoms with Crippen LogP contribution in [0, 0.1) is 17.5 Å². The Hall–Kier alpha value is -3.48. The van der Waals surface area contributed by atoms with E-state index in [1.54, 1.807) is 18.2 Å². The molecule has 0 spiro atoms. The van der Waals surface area contributed by atoms with E-state index in [1.807, 2.05) is 24.4 Å². The molecule has 1 heterocycles. The third-order valence-electron chi connectivity index (χ3n) is 6.17. The Kier molecular flexibility index (Phi) is 8.18. The predicted molar refractivity (Wildman–Crippen MR) is 131 cm³/mol. The van der Waals surface area contributed by atoms with Gasteiger partial charge in [0, 0.05) is 17.1 Å². The minimum Gasteiger partial charge on any atom is -0.429 e. The second-order valence-corrected chi connectivity index (χ2v) is 8.75. The van der Waals surface area contributed by atoms with Crippen LogP contribution in [0.2, 0.25) is 0 Å². The Morgan fingerprint density at radius 1 is 0.806 bits per heavy atom. The second kappa shape index (κ2) is 11.5. The molecule has 36 heavy (non-hydrogen) atoms. The number of unbranched alkanes of at least 4 members (excludes halogenated alkanes) is 2. The Morgan fingerprint density at radius 3 is 2.25 bits per heavy atom. The van der Waals surface area contributed by atoms with Gasteiger partial charge in [-0.3, -0.25) is 4.98 Å². The third-order valence-corrected chi connectivity index (χ3v) is 6.17. The molecule has 1 aromatic heterocycles. The van der Waals surface area contributed by atoms with Gasteiger partial charge in [0.1, 0.15) is 5.82 Å². The smallest absolute Gasteiger partial charge is 0.387 e. The van der Waals surface area contributed by atoms with Crippen LogP contribution < -0.4 is 4.74 Å². The van der Waals surface area contributed by atoms with Crippen molar-refractivity contribution < 1.29 is 26.7 Å². The van der Waals surface area contributed by atoms with Crippen LogP contribution in [0.15, 0.2) is 60.8 Å². The first-order chi connectivity index (χ1) is 17.4. The number of pyridine rings is 1. The molecule has 4 aromatic rings. The molecule has 4 rings (SSSR count). The fourth-order valence-corrected chi connectivity index (χ4v) is 4.25. The van der Waals surface area contributed by atoms with Gasteiger partial charge in [-0.2, -0.15) is 8.78 Å². The lowest BCUT2D eigenvalue weighted by atomic mass is 9.98. The molecule has 0 aliphatic carbocycles. The molecule has 0 fully saturated rings. The summed E-state index contributed by atoms with van der Waals surface area (Å²) in [5, 5.41) is 1.15. The number of hydrogen-bond acceptors (Lipinski definition) is 2. The normalized spacial score (nSPS) is 11.4. The molecular weight excluding hydrogens is 473 g/mol. The van der Waals surface area contributed by atoms with Gasteiger partial charge in [-0.25, -0.2) is 13.2 Å². The van der Waals surface area contributed by atoms with E-state index in [1.165, 1.54) is 18.4 Å². The van der Waals surface area contributed by atoms with Gasteiger partial charge in [0.25, 0.3) is 0 Å². The van der Waals surface area contributed by atoms with Crippen molar-refractivity contribution in [3.8, 4) is 17.0 Å². The number of hydrogen-bond donors (Lipinski definition) is 0. The Labute approximate surface area is 206 Å². The zero-order chi connectivity index (χ0) is 25.7. The van der Waals surface area contributed by atoms with E-state index >= 15 is 4.39 Å². The van der Waals surface area contributed by atoms with Gasteiger partial charge < -0.3 is 4.74 Å². The number of fused-ring (bicyclic) bond motifs is 1. The summed E-state index contributed by atoms with van der Waals surface area (Å²) in [6.45, 7) is -1.16. The van der Waals surface area contributed by atoms with E-state index in [0.717, 1.165) is 36.2 Å². The monoisotopic (exact) mass is 499 g/mol. The van der Waals surface area contributed by atoms with Crippen LogP contribution in [0.1, 0.15) is 42.9 Å². The van der Waals surface area contributed by atoms with Gasteiger partial charge in [0.05, 0.1) is 5.69 Å². The number of alkyl halides is 2. The van der Waals surface area contributed by atoms with Gasteiger partial charge in [-0.05, 0) is 72.0 Å². The first kappa shape index (κ1) is 25.6. The molecule has 0 aliphatic rings. The molecule has 188 valence electrons. The number of aryl methyl sites for hydroxylation is 3. The summed E-state index contributed by atoms with van der Waals surface area (Å²) in [7, 11) is 0. The SMILES string of the molecule is CCCCCc1ccc(-c2ccc3c(F)c(CCc4cc(F)c(OC(F)F)c(F)c4)ccc3c2)nc1. The number of ether oxygens (including phenoxy) is 1. The molecule has 0 saturated carbocycles. The summed E-state index contributed by atoms with van der Waals surface area (Å²) >= 11 is 0. The van der Waals surface area contributed by atoms with Gasteiger partial charge in [0.15, 0.2) is 17.4 Å². The van der Waals surface area contributed by atoms with Crippen LogP contribution in [-0.2, 0) is 19.3 Å². The standard InChI is InChI=1S/C29H26F5NO/c1-2-3-4-5-18-7-13-26(35-17-18)22-11-12-23-21(16-22)10-9-20(27(23)32)8-6-19-14-24(30)28(25(31)15-19)36-29(33)34/h7,9-17,29H,2-6,8H2,1H3. The van der Waals surface area contributed by atoms with Crippen molar-refractivity contribution in [3.63, 3.8) is 0 Å². The molecule has 0 unspecified atom stereocenters. The summed E-state index contributed by atoms with van der Waals surface area (Å²) in [4.78, 5) is 4.57. The van der Waals surface area contributed by atoms with Crippen LogP contribution in [-0.4, -0.2) is 11.6 Å². The Bertz CT molecular complexity index is 1310. The van der Waals surface area contributed by atoms with E-state index in [9.17, 15) is 17.6 Å². The summed E-state index contributed by atoms with van der Waals surface area (Å²) in [6, 6.07) is 14.8. The Balaban J connectivity index is 1.49. The molecule has 0 atom stereocenters. The van der Waals surface area contributed by atoms with Gasteiger partial charge in [0.2, 0.25) is 0 Å². The van der Waals surface area contributed by atoms with E-state index in [4.69, 9.17) is 0 Å². The fraction of sp³-hybridized carbons (Fsp3) is 0.276. The quantitative estimate of drug-likeness (QED) is 0.161. The molecule has 0 radical (unpaired) electrons. The number of nitrogens with zero attached hydrogens (tertiary/aromatic N) is 1. The maximum absolute atomic E-state index is 15.2. The molecule has 7 heteroatoms. The first-order valence-electron chi connectivity index (χ1n) is 11.9. The van der Waals surface area contributed by atoms with E-state index in [2.05, 4.69) is 22.7 Å². The van der Waals surface area contributed by atoms with Crippen molar-refractivity contribution in [3.05, 3.63) is 94.9 Å². The summed E-state index contributed by atoms with van der Waals surface area (Å²) < 4.78 is 71.7. The number of aromatic nitrogens is 1. The molecule has 0 amide bonds. The van der Waals surface area contributed by atoms with Crippen LogP contribution >= 0.6 is 0 Å². The zero-order valence-corrected chi connectivity index (χ0v) is 19.8. The van der Waals surface area contributed by atoms with Crippen molar-refractivity contribution in [2.24, 2.45) is 0 Å². The Morgan fingerprint density at radius 2 is 1.58 bits per heavy atom. The average Bonchev–Trinajstić information content (AvgIpc) is 2.86. The van der Waals surface area contributed by atoms with Gasteiger partial charge in [-0.1, -0.05) is 50.1 Å². The van der Waals surface area contributed by atoms with Crippen molar-refractivity contribution in [2.45, 2.75) is 52.1 Å². The van der Waals surface area contributed by atoms with Crippen molar-refractivity contribution in [1.82, 2.24) is 4.98 Å². The summed E-state index contributed by atoms with van der Waals surface area (Å²) in [6.07, 6.45) is 6.69. The highest BCUT2D eigenvalue weighted by Crippen LogP contribution is 2.29.